The van der Waals surface area contributed by atoms with E-state index < -0.39 is 0 Å². The lowest BCUT2D eigenvalue weighted by atomic mass is 10.1. The summed E-state index contributed by atoms with van der Waals surface area (Å²) in [5.41, 5.74) is 2.29. The summed E-state index contributed by atoms with van der Waals surface area (Å²) in [4.78, 5) is 4.61. The summed E-state index contributed by atoms with van der Waals surface area (Å²) < 4.78 is 10.6. The average molecular weight is 504 g/mol. The number of methoxy groups -OCH3 is 2. The van der Waals surface area contributed by atoms with Gasteiger partial charge < -0.3 is 20.1 Å². The van der Waals surface area contributed by atoms with Gasteiger partial charge in [0.2, 0.25) is 0 Å². The number of ether oxygens (including phenoxy) is 2. The molecule has 5 nitrogen and oxygen atoms in total. The molecule has 27 heavy (non-hydrogen) atoms. The lowest BCUT2D eigenvalue weighted by Crippen LogP contribution is -2.38. The number of nitrogens with zero attached hydrogens (tertiary/aromatic N) is 1. The topological polar surface area (TPSA) is 54.9 Å². The fourth-order valence-corrected chi connectivity index (χ4v) is 2.59. The zero-order chi connectivity index (χ0) is 18.8. The molecule has 148 valence electrons. The molecule has 0 aliphatic carbocycles. The van der Waals surface area contributed by atoms with Crippen molar-refractivity contribution in [3.8, 4) is 11.5 Å². The van der Waals surface area contributed by atoms with Gasteiger partial charge in [0, 0.05) is 18.1 Å². The molecule has 7 heteroatoms. The van der Waals surface area contributed by atoms with Crippen LogP contribution in [0.1, 0.15) is 18.1 Å². The van der Waals surface area contributed by atoms with Gasteiger partial charge in [-0.25, -0.2) is 4.99 Å². The molecule has 2 rings (SSSR count). The van der Waals surface area contributed by atoms with Gasteiger partial charge in [-0.1, -0.05) is 29.8 Å². The molecular weight excluding hydrogens is 477 g/mol. The van der Waals surface area contributed by atoms with Gasteiger partial charge in [-0.3, -0.25) is 0 Å². The lowest BCUT2D eigenvalue weighted by Gasteiger charge is -2.13. The normalized spacial score (nSPS) is 10.7. The van der Waals surface area contributed by atoms with E-state index in [1.807, 2.05) is 49.4 Å². The second kappa shape index (κ2) is 12.7. The number of nitrogens with one attached hydrogen (secondary N) is 2. The third-order valence-electron chi connectivity index (χ3n) is 3.83. The number of halogens is 2. The van der Waals surface area contributed by atoms with E-state index >= 15 is 0 Å². The Morgan fingerprint density at radius 3 is 2.26 bits per heavy atom. The van der Waals surface area contributed by atoms with Crippen LogP contribution in [0.3, 0.4) is 0 Å². The van der Waals surface area contributed by atoms with Gasteiger partial charge >= 0.3 is 0 Å². The van der Waals surface area contributed by atoms with Crippen LogP contribution in [0.5, 0.6) is 11.5 Å². The maximum Gasteiger partial charge on any atom is 0.191 e. The molecule has 2 aromatic rings. The fourth-order valence-electron chi connectivity index (χ4n) is 2.46. The Morgan fingerprint density at radius 2 is 1.63 bits per heavy atom. The van der Waals surface area contributed by atoms with Gasteiger partial charge in [-0.05, 0) is 48.7 Å². The summed E-state index contributed by atoms with van der Waals surface area (Å²) in [5.74, 6) is 2.28. The van der Waals surface area contributed by atoms with Crippen LogP contribution in [0, 0.1) is 0 Å². The van der Waals surface area contributed by atoms with Crippen molar-refractivity contribution in [2.45, 2.75) is 19.9 Å². The van der Waals surface area contributed by atoms with E-state index in [4.69, 9.17) is 21.1 Å². The first-order valence-corrected chi connectivity index (χ1v) is 9.01. The van der Waals surface area contributed by atoms with Crippen molar-refractivity contribution in [2.24, 2.45) is 4.99 Å². The quantitative estimate of drug-likeness (QED) is 0.321. The number of guanidine groups is 1. The second-order valence-electron chi connectivity index (χ2n) is 5.69. The first-order valence-electron chi connectivity index (χ1n) is 8.63. The Morgan fingerprint density at radius 1 is 0.963 bits per heavy atom. The number of benzene rings is 2. The monoisotopic (exact) mass is 503 g/mol. The Bertz CT molecular complexity index is 724. The molecule has 0 radical (unpaired) electrons. The van der Waals surface area contributed by atoms with Crippen LogP contribution < -0.4 is 20.1 Å². The highest BCUT2D eigenvalue weighted by Crippen LogP contribution is 2.27. The van der Waals surface area contributed by atoms with Crippen LogP contribution >= 0.6 is 35.6 Å². The summed E-state index contributed by atoms with van der Waals surface area (Å²) in [6.07, 6.45) is 0.853. The molecule has 0 aromatic heterocycles. The Kier molecular flexibility index (Phi) is 11.0. The molecule has 0 amide bonds. The van der Waals surface area contributed by atoms with E-state index in [0.29, 0.717) is 6.54 Å². The van der Waals surface area contributed by atoms with Gasteiger partial charge in [-0.2, -0.15) is 0 Å². The smallest absolute Gasteiger partial charge is 0.191 e. The van der Waals surface area contributed by atoms with Crippen molar-refractivity contribution in [1.29, 1.82) is 0 Å². The van der Waals surface area contributed by atoms with Crippen LogP contribution in [0.15, 0.2) is 47.5 Å². The van der Waals surface area contributed by atoms with E-state index in [-0.39, 0.29) is 24.0 Å². The molecule has 0 atom stereocenters. The maximum absolute atomic E-state index is 5.91. The van der Waals surface area contributed by atoms with Gasteiger partial charge in [-0.15, -0.1) is 24.0 Å². The molecule has 0 spiro atoms. The van der Waals surface area contributed by atoms with E-state index in [1.165, 1.54) is 5.56 Å². The lowest BCUT2D eigenvalue weighted by molar-refractivity contribution is 0.354. The second-order valence-corrected chi connectivity index (χ2v) is 6.12. The highest BCUT2D eigenvalue weighted by molar-refractivity contribution is 14.0. The minimum Gasteiger partial charge on any atom is -0.493 e. The number of aliphatic imine (C=N–C) groups is 1. The highest BCUT2D eigenvalue weighted by atomic mass is 127. The molecule has 2 N–H and O–H groups in total. The number of hydrogen-bond acceptors (Lipinski definition) is 3. The SMILES string of the molecule is CCNC(=NCc1ccc(Cl)cc1)NCCc1ccc(OC)c(OC)c1.I. The van der Waals surface area contributed by atoms with Crippen molar-refractivity contribution in [1.82, 2.24) is 10.6 Å². The molecule has 0 bridgehead atoms. The zero-order valence-electron chi connectivity index (χ0n) is 15.9. The van der Waals surface area contributed by atoms with E-state index in [2.05, 4.69) is 15.6 Å². The molecule has 0 aliphatic heterocycles. The fraction of sp³-hybridized carbons (Fsp3) is 0.350. The van der Waals surface area contributed by atoms with Crippen LogP contribution in [0.4, 0.5) is 0 Å². The first-order chi connectivity index (χ1) is 12.7. The predicted molar refractivity (Wildman–Crippen MR) is 123 cm³/mol. The standard InChI is InChI=1S/C20H26ClN3O2.HI/c1-4-22-20(24-14-16-5-8-17(21)9-6-16)23-12-11-15-7-10-18(25-2)19(13-15)26-3;/h5-10,13H,4,11-12,14H2,1-3H3,(H2,22,23,24);1H. The molecular formula is C20H27ClIN3O2. The van der Waals surface area contributed by atoms with Gasteiger partial charge in [0.15, 0.2) is 17.5 Å². The molecule has 0 saturated carbocycles. The minimum atomic E-state index is 0. The van der Waals surface area contributed by atoms with Crippen molar-refractivity contribution in [3.05, 3.63) is 58.6 Å². The molecule has 0 aliphatic rings. The molecule has 2 aromatic carbocycles. The molecule has 0 unspecified atom stereocenters. The van der Waals surface area contributed by atoms with Crippen molar-refractivity contribution >= 4 is 41.5 Å². The van der Waals surface area contributed by atoms with Crippen molar-refractivity contribution in [3.63, 3.8) is 0 Å². The van der Waals surface area contributed by atoms with Crippen LogP contribution in [0.25, 0.3) is 0 Å². The third-order valence-corrected chi connectivity index (χ3v) is 4.08. The Balaban J connectivity index is 0.00000364. The van der Waals surface area contributed by atoms with E-state index in [9.17, 15) is 0 Å². The third kappa shape index (κ3) is 7.84. The summed E-state index contributed by atoms with van der Waals surface area (Å²) in [5, 5.41) is 7.35. The van der Waals surface area contributed by atoms with Crippen LogP contribution in [-0.2, 0) is 13.0 Å². The number of rotatable bonds is 8. The zero-order valence-corrected chi connectivity index (χ0v) is 19.0. The average Bonchev–Trinajstić information content (AvgIpc) is 2.67. The van der Waals surface area contributed by atoms with Gasteiger partial charge in [0.25, 0.3) is 0 Å². The maximum atomic E-state index is 5.91. The summed E-state index contributed by atoms with van der Waals surface area (Å²) in [6, 6.07) is 13.7. The van der Waals surface area contributed by atoms with Gasteiger partial charge in [0.05, 0.1) is 20.8 Å². The summed E-state index contributed by atoms with van der Waals surface area (Å²) in [7, 11) is 3.28. The first kappa shape index (κ1) is 23.4. The van der Waals surface area contributed by atoms with E-state index in [1.54, 1.807) is 14.2 Å². The van der Waals surface area contributed by atoms with Crippen LogP contribution in [-0.4, -0.2) is 33.3 Å². The Labute approximate surface area is 183 Å². The van der Waals surface area contributed by atoms with Crippen LogP contribution in [0.2, 0.25) is 5.02 Å². The Hall–Kier alpha value is -1.67. The highest BCUT2D eigenvalue weighted by Gasteiger charge is 2.05. The van der Waals surface area contributed by atoms with Crippen molar-refractivity contribution < 1.29 is 9.47 Å². The van der Waals surface area contributed by atoms with Gasteiger partial charge in [0.1, 0.15) is 0 Å². The summed E-state index contributed by atoms with van der Waals surface area (Å²) >= 11 is 5.91. The predicted octanol–water partition coefficient (Wildman–Crippen LogP) is 4.27. The molecule has 0 fully saturated rings. The van der Waals surface area contributed by atoms with Crippen molar-refractivity contribution in [2.75, 3.05) is 27.3 Å². The number of hydrogen-bond donors (Lipinski definition) is 2. The molecule has 0 saturated heterocycles. The summed E-state index contributed by atoms with van der Waals surface area (Å²) in [6.45, 7) is 4.22. The molecule has 0 heterocycles. The van der Waals surface area contributed by atoms with E-state index in [0.717, 1.165) is 47.6 Å². The largest absolute Gasteiger partial charge is 0.493 e. The minimum absolute atomic E-state index is 0.